The summed E-state index contributed by atoms with van der Waals surface area (Å²) in [5.41, 5.74) is 2.55. The molecule has 0 spiro atoms. The van der Waals surface area contributed by atoms with Crippen LogP contribution < -0.4 is 16.6 Å². The summed E-state index contributed by atoms with van der Waals surface area (Å²) in [5, 5.41) is 3.39. The largest absolute Gasteiger partial charge is 0.369 e. The summed E-state index contributed by atoms with van der Waals surface area (Å²) < 4.78 is 0.286. The van der Waals surface area contributed by atoms with Crippen LogP contribution >= 0.6 is 11.8 Å². The number of nitrogens with two attached hydrogens (primary N) is 1. The molecule has 0 aliphatic rings. The smallest absolute Gasteiger partial charge is 0.142 e. The van der Waals surface area contributed by atoms with E-state index in [0.29, 0.717) is 5.82 Å². The average molecular weight is 254 g/mol. The number of hydrazine groups is 1. The predicted octanol–water partition coefficient (Wildman–Crippen LogP) is 2.70. The highest BCUT2D eigenvalue weighted by Crippen LogP contribution is 2.30. The number of nitrogens with zero attached hydrogens (tertiary/aromatic N) is 1. The summed E-state index contributed by atoms with van der Waals surface area (Å²) >= 11 is 1.92. The second-order valence-electron chi connectivity index (χ2n) is 4.00. The molecule has 0 unspecified atom stereocenters. The van der Waals surface area contributed by atoms with Crippen molar-refractivity contribution in [2.24, 2.45) is 5.84 Å². The molecule has 1 aromatic heterocycles. The maximum atomic E-state index is 5.33. The van der Waals surface area contributed by atoms with Crippen LogP contribution in [0.5, 0.6) is 0 Å². The lowest BCUT2D eigenvalue weighted by Crippen LogP contribution is -2.32. The van der Waals surface area contributed by atoms with Crippen LogP contribution in [0.15, 0.2) is 18.2 Å². The fourth-order valence-electron chi connectivity index (χ4n) is 1.73. The summed E-state index contributed by atoms with van der Waals surface area (Å²) in [5.74, 6) is 6.88. The molecule has 0 saturated carbocycles. The normalized spacial score (nSPS) is 11.3. The summed E-state index contributed by atoms with van der Waals surface area (Å²) in [6.07, 6.45) is 4.46. The molecule has 1 rings (SSSR count). The number of thioether (sulfide) groups is 1. The SMILES string of the molecule is CCC(CC)(CNc1cccc(NN)n1)SC. The molecular weight excluding hydrogens is 232 g/mol. The Balaban J connectivity index is 2.65. The van der Waals surface area contributed by atoms with E-state index in [1.807, 2.05) is 30.0 Å². The van der Waals surface area contributed by atoms with Crippen LogP contribution in [-0.4, -0.2) is 22.5 Å². The second kappa shape index (κ2) is 6.71. The molecule has 4 N–H and O–H groups in total. The lowest BCUT2D eigenvalue weighted by Gasteiger charge is -2.30. The Morgan fingerprint density at radius 3 is 2.47 bits per heavy atom. The Kier molecular flexibility index (Phi) is 5.58. The van der Waals surface area contributed by atoms with Crippen molar-refractivity contribution in [2.75, 3.05) is 23.5 Å². The first-order chi connectivity index (χ1) is 8.19. The van der Waals surface area contributed by atoms with Crippen LogP contribution in [-0.2, 0) is 0 Å². The van der Waals surface area contributed by atoms with E-state index in [2.05, 4.69) is 35.8 Å². The van der Waals surface area contributed by atoms with Crippen LogP contribution in [0.1, 0.15) is 26.7 Å². The van der Waals surface area contributed by atoms with E-state index in [4.69, 9.17) is 5.84 Å². The molecule has 0 bridgehead atoms. The van der Waals surface area contributed by atoms with E-state index in [0.717, 1.165) is 25.2 Å². The summed E-state index contributed by atoms with van der Waals surface area (Å²) in [4.78, 5) is 4.34. The van der Waals surface area contributed by atoms with E-state index in [1.165, 1.54) is 0 Å². The first-order valence-electron chi connectivity index (χ1n) is 5.92. The van der Waals surface area contributed by atoms with Gasteiger partial charge in [0.2, 0.25) is 0 Å². The molecule has 1 heterocycles. The molecule has 0 aromatic carbocycles. The first-order valence-corrected chi connectivity index (χ1v) is 7.15. The van der Waals surface area contributed by atoms with Gasteiger partial charge in [-0.1, -0.05) is 19.9 Å². The van der Waals surface area contributed by atoms with Gasteiger partial charge in [0.15, 0.2) is 0 Å². The quantitative estimate of drug-likeness (QED) is 0.516. The fourth-order valence-corrected chi connectivity index (χ4v) is 2.52. The number of hydrogen-bond acceptors (Lipinski definition) is 5. The number of anilines is 2. The number of nitrogen functional groups attached to an aromatic ring is 1. The lowest BCUT2D eigenvalue weighted by atomic mass is 10.0. The van der Waals surface area contributed by atoms with Crippen molar-refractivity contribution in [3.63, 3.8) is 0 Å². The van der Waals surface area contributed by atoms with Crippen LogP contribution in [0.4, 0.5) is 11.6 Å². The topological polar surface area (TPSA) is 63.0 Å². The molecule has 0 fully saturated rings. The van der Waals surface area contributed by atoms with Crippen molar-refractivity contribution in [2.45, 2.75) is 31.4 Å². The molecule has 0 aliphatic carbocycles. The van der Waals surface area contributed by atoms with Gasteiger partial charge >= 0.3 is 0 Å². The molecule has 1 aromatic rings. The van der Waals surface area contributed by atoms with Gasteiger partial charge in [-0.25, -0.2) is 10.8 Å². The number of nitrogens with one attached hydrogen (secondary N) is 2. The molecule has 0 aliphatic heterocycles. The van der Waals surface area contributed by atoms with Gasteiger partial charge in [-0.05, 0) is 31.2 Å². The minimum absolute atomic E-state index is 0.286. The van der Waals surface area contributed by atoms with Crippen LogP contribution in [0, 0.1) is 0 Å². The van der Waals surface area contributed by atoms with E-state index in [-0.39, 0.29) is 4.75 Å². The Morgan fingerprint density at radius 1 is 1.29 bits per heavy atom. The number of pyridine rings is 1. The van der Waals surface area contributed by atoms with Crippen molar-refractivity contribution in [1.29, 1.82) is 0 Å². The Bertz CT molecular complexity index is 331. The van der Waals surface area contributed by atoms with Crippen LogP contribution in [0.25, 0.3) is 0 Å². The molecule has 4 nitrogen and oxygen atoms in total. The number of rotatable bonds is 7. The molecule has 0 amide bonds. The third-order valence-electron chi connectivity index (χ3n) is 3.21. The molecule has 0 radical (unpaired) electrons. The molecule has 5 heteroatoms. The standard InChI is InChI=1S/C12H22N4S/c1-4-12(5-2,17-3)9-14-10-7-6-8-11(15-10)16-13/h6-8H,4-5,9,13H2,1-3H3,(H2,14,15,16). The highest BCUT2D eigenvalue weighted by atomic mass is 32.2. The third-order valence-corrected chi connectivity index (χ3v) is 4.80. The maximum absolute atomic E-state index is 5.33. The summed E-state index contributed by atoms with van der Waals surface area (Å²) in [6.45, 7) is 5.38. The van der Waals surface area contributed by atoms with Crippen molar-refractivity contribution in [3.05, 3.63) is 18.2 Å². The van der Waals surface area contributed by atoms with Crippen molar-refractivity contribution in [3.8, 4) is 0 Å². The van der Waals surface area contributed by atoms with E-state index in [1.54, 1.807) is 0 Å². The van der Waals surface area contributed by atoms with Crippen molar-refractivity contribution in [1.82, 2.24) is 4.98 Å². The summed E-state index contributed by atoms with van der Waals surface area (Å²) in [7, 11) is 0. The molecule has 17 heavy (non-hydrogen) atoms. The number of hydrogen-bond donors (Lipinski definition) is 3. The fraction of sp³-hybridized carbons (Fsp3) is 0.583. The van der Waals surface area contributed by atoms with E-state index in [9.17, 15) is 0 Å². The first kappa shape index (κ1) is 14.1. The monoisotopic (exact) mass is 254 g/mol. The van der Waals surface area contributed by atoms with Gasteiger partial charge in [-0.3, -0.25) is 0 Å². The number of aromatic nitrogens is 1. The lowest BCUT2D eigenvalue weighted by molar-refractivity contribution is 0.574. The highest BCUT2D eigenvalue weighted by molar-refractivity contribution is 8.00. The highest BCUT2D eigenvalue weighted by Gasteiger charge is 2.24. The third kappa shape index (κ3) is 3.78. The molecule has 0 saturated heterocycles. The van der Waals surface area contributed by atoms with Gasteiger partial charge in [0.25, 0.3) is 0 Å². The van der Waals surface area contributed by atoms with E-state index < -0.39 is 0 Å². The zero-order valence-electron chi connectivity index (χ0n) is 10.8. The molecule has 96 valence electrons. The van der Waals surface area contributed by atoms with E-state index >= 15 is 0 Å². The van der Waals surface area contributed by atoms with Gasteiger partial charge < -0.3 is 10.7 Å². The van der Waals surface area contributed by atoms with Crippen LogP contribution in [0.2, 0.25) is 0 Å². The Morgan fingerprint density at radius 2 is 1.94 bits per heavy atom. The second-order valence-corrected chi connectivity index (χ2v) is 5.27. The van der Waals surface area contributed by atoms with Crippen molar-refractivity contribution >= 4 is 23.4 Å². The van der Waals surface area contributed by atoms with Gasteiger partial charge in [-0.15, -0.1) is 0 Å². The predicted molar refractivity (Wildman–Crippen MR) is 77.4 cm³/mol. The Hall–Kier alpha value is -0.940. The minimum atomic E-state index is 0.286. The van der Waals surface area contributed by atoms with Crippen LogP contribution in [0.3, 0.4) is 0 Å². The van der Waals surface area contributed by atoms with Gasteiger partial charge in [-0.2, -0.15) is 11.8 Å². The van der Waals surface area contributed by atoms with Gasteiger partial charge in [0.05, 0.1) is 0 Å². The Labute approximate surface area is 108 Å². The molecule has 0 atom stereocenters. The van der Waals surface area contributed by atoms with Crippen molar-refractivity contribution < 1.29 is 0 Å². The zero-order chi connectivity index (χ0) is 12.7. The zero-order valence-corrected chi connectivity index (χ0v) is 11.6. The average Bonchev–Trinajstić information content (AvgIpc) is 2.41. The summed E-state index contributed by atoms with van der Waals surface area (Å²) in [6, 6.07) is 5.73. The van der Waals surface area contributed by atoms with Gasteiger partial charge in [0.1, 0.15) is 11.6 Å². The van der Waals surface area contributed by atoms with Gasteiger partial charge in [0, 0.05) is 11.3 Å². The maximum Gasteiger partial charge on any atom is 0.142 e. The molecular formula is C12H22N4S. The minimum Gasteiger partial charge on any atom is -0.369 e.